The van der Waals surface area contributed by atoms with Gasteiger partial charge in [-0.1, -0.05) is 6.07 Å². The van der Waals surface area contributed by atoms with Crippen molar-refractivity contribution >= 4 is 33.4 Å². The summed E-state index contributed by atoms with van der Waals surface area (Å²) in [7, 11) is 0. The predicted molar refractivity (Wildman–Crippen MR) is 111 cm³/mol. The van der Waals surface area contributed by atoms with E-state index < -0.39 is 51.8 Å². The van der Waals surface area contributed by atoms with Crippen LogP contribution in [0.4, 0.5) is 32.0 Å². The standard InChI is InChI=1S/C21H10F6N6O3/c22-20(23,24)13-6-9(7-14-16(13)32-36-31-14)30-19(35)12-8-29-33(17(12)21(25,26)27)15-3-1-2-11-10(15)4-5-28-18(11)34/h1-8H,(H,28,34)(H,30,35). The molecule has 3 aromatic heterocycles. The number of alkyl halides is 6. The Hall–Kier alpha value is -4.69. The van der Waals surface area contributed by atoms with Crippen molar-refractivity contribution < 1.29 is 35.8 Å². The van der Waals surface area contributed by atoms with Gasteiger partial charge in [0, 0.05) is 22.7 Å². The largest absolute Gasteiger partial charge is 0.434 e. The van der Waals surface area contributed by atoms with Crippen molar-refractivity contribution in [2.24, 2.45) is 0 Å². The molecular formula is C21H10F6N6O3. The molecule has 9 nitrogen and oxygen atoms in total. The van der Waals surface area contributed by atoms with Gasteiger partial charge in [0.15, 0.2) is 5.69 Å². The number of fused-ring (bicyclic) bond motifs is 2. The molecule has 0 atom stereocenters. The lowest BCUT2D eigenvalue weighted by molar-refractivity contribution is -0.143. The second-order valence-electron chi connectivity index (χ2n) is 7.47. The first-order chi connectivity index (χ1) is 16.9. The number of carbonyl (C=O) groups excluding carboxylic acids is 1. The summed E-state index contributed by atoms with van der Waals surface area (Å²) >= 11 is 0. The fourth-order valence-corrected chi connectivity index (χ4v) is 3.74. The summed E-state index contributed by atoms with van der Waals surface area (Å²) < 4.78 is 87.3. The third-order valence-electron chi connectivity index (χ3n) is 5.23. The van der Waals surface area contributed by atoms with Crippen LogP contribution < -0.4 is 10.9 Å². The average molecular weight is 508 g/mol. The molecule has 184 valence electrons. The number of aromatic amines is 1. The van der Waals surface area contributed by atoms with Gasteiger partial charge in [0.2, 0.25) is 0 Å². The van der Waals surface area contributed by atoms with Gasteiger partial charge in [-0.2, -0.15) is 31.4 Å². The lowest BCUT2D eigenvalue weighted by Crippen LogP contribution is -2.21. The summed E-state index contributed by atoms with van der Waals surface area (Å²) in [6.07, 6.45) is -8.15. The van der Waals surface area contributed by atoms with Crippen molar-refractivity contribution in [3.63, 3.8) is 0 Å². The molecule has 0 radical (unpaired) electrons. The summed E-state index contributed by atoms with van der Waals surface area (Å²) in [5.74, 6) is -1.38. The van der Waals surface area contributed by atoms with E-state index in [1.807, 2.05) is 5.32 Å². The van der Waals surface area contributed by atoms with Crippen LogP contribution in [0.25, 0.3) is 27.5 Å². The van der Waals surface area contributed by atoms with Crippen molar-refractivity contribution in [1.29, 1.82) is 0 Å². The lowest BCUT2D eigenvalue weighted by Gasteiger charge is -2.14. The van der Waals surface area contributed by atoms with Crippen molar-refractivity contribution in [2.45, 2.75) is 12.4 Å². The summed E-state index contributed by atoms with van der Waals surface area (Å²) in [4.78, 5) is 27.3. The Morgan fingerprint density at radius 1 is 1.00 bits per heavy atom. The van der Waals surface area contributed by atoms with Gasteiger partial charge in [-0.3, -0.25) is 9.59 Å². The number of hydrogen-bond donors (Lipinski definition) is 2. The molecule has 5 rings (SSSR count). The summed E-state index contributed by atoms with van der Waals surface area (Å²) in [5.41, 5.74) is -5.93. The molecule has 2 N–H and O–H groups in total. The first kappa shape index (κ1) is 23.1. The van der Waals surface area contributed by atoms with Crippen molar-refractivity contribution in [3.05, 3.63) is 76.0 Å². The van der Waals surface area contributed by atoms with Crippen LogP contribution in [0.1, 0.15) is 21.6 Å². The minimum atomic E-state index is -5.11. The van der Waals surface area contributed by atoms with Gasteiger partial charge < -0.3 is 10.3 Å². The zero-order valence-corrected chi connectivity index (χ0v) is 17.4. The molecule has 3 heterocycles. The van der Waals surface area contributed by atoms with E-state index in [9.17, 15) is 35.9 Å². The van der Waals surface area contributed by atoms with Crippen molar-refractivity contribution in [3.8, 4) is 5.69 Å². The number of hydrogen-bond acceptors (Lipinski definition) is 6. The van der Waals surface area contributed by atoms with Gasteiger partial charge in [0.1, 0.15) is 11.0 Å². The minimum absolute atomic E-state index is 0.0823. The summed E-state index contributed by atoms with van der Waals surface area (Å²) in [5, 5.41) is 12.4. The van der Waals surface area contributed by atoms with E-state index in [0.717, 1.165) is 6.07 Å². The number of carbonyl (C=O) groups is 1. The predicted octanol–water partition coefficient (Wildman–Crippen LogP) is 4.54. The molecule has 36 heavy (non-hydrogen) atoms. The highest BCUT2D eigenvalue weighted by molar-refractivity contribution is 6.06. The highest BCUT2D eigenvalue weighted by Gasteiger charge is 2.41. The maximum atomic E-state index is 14.1. The second-order valence-corrected chi connectivity index (χ2v) is 7.47. The van der Waals surface area contributed by atoms with Crippen LogP contribution in [0.15, 0.2) is 58.2 Å². The van der Waals surface area contributed by atoms with Crippen LogP contribution >= 0.6 is 0 Å². The zero-order valence-electron chi connectivity index (χ0n) is 17.4. The number of aromatic nitrogens is 5. The monoisotopic (exact) mass is 508 g/mol. The van der Waals surface area contributed by atoms with Crippen LogP contribution in [-0.4, -0.2) is 31.0 Å². The number of amides is 1. The van der Waals surface area contributed by atoms with Crippen molar-refractivity contribution in [1.82, 2.24) is 25.1 Å². The number of H-pyrrole nitrogens is 1. The summed E-state index contributed by atoms with van der Waals surface area (Å²) in [6, 6.07) is 6.84. The minimum Gasteiger partial charge on any atom is -0.329 e. The normalized spacial score (nSPS) is 12.4. The smallest absolute Gasteiger partial charge is 0.329 e. The van der Waals surface area contributed by atoms with Crippen molar-refractivity contribution in [2.75, 3.05) is 5.32 Å². The molecule has 0 aliphatic rings. The fraction of sp³-hybridized carbons (Fsp3) is 0.0952. The Morgan fingerprint density at radius 3 is 2.50 bits per heavy atom. The van der Waals surface area contributed by atoms with E-state index in [-0.39, 0.29) is 22.0 Å². The van der Waals surface area contributed by atoms with Gasteiger partial charge in [0.05, 0.1) is 23.0 Å². The number of nitrogens with zero attached hydrogens (tertiary/aromatic N) is 4. The molecule has 0 saturated heterocycles. The van der Waals surface area contributed by atoms with Crippen LogP contribution in [0.2, 0.25) is 0 Å². The topological polar surface area (TPSA) is 119 Å². The Labute approximate surface area is 194 Å². The van der Waals surface area contributed by atoms with Gasteiger partial charge >= 0.3 is 12.4 Å². The van der Waals surface area contributed by atoms with E-state index in [2.05, 4.69) is 25.0 Å². The van der Waals surface area contributed by atoms with Gasteiger partial charge in [-0.15, -0.1) is 0 Å². The Balaban J connectivity index is 1.62. The number of nitrogens with one attached hydrogen (secondary N) is 2. The molecule has 15 heteroatoms. The quantitative estimate of drug-likeness (QED) is 0.346. The van der Waals surface area contributed by atoms with Gasteiger partial charge in [-0.25, -0.2) is 9.31 Å². The van der Waals surface area contributed by atoms with Crippen LogP contribution in [0.3, 0.4) is 0 Å². The fourth-order valence-electron chi connectivity index (χ4n) is 3.74. The maximum absolute atomic E-state index is 14.1. The van der Waals surface area contributed by atoms with E-state index >= 15 is 0 Å². The molecule has 0 saturated carbocycles. The van der Waals surface area contributed by atoms with Crippen LogP contribution in [0, 0.1) is 0 Å². The van der Waals surface area contributed by atoms with Gasteiger partial charge in [-0.05, 0) is 40.6 Å². The highest BCUT2D eigenvalue weighted by Crippen LogP contribution is 2.37. The number of benzene rings is 2. The molecule has 0 aliphatic heterocycles. The first-order valence-corrected chi connectivity index (χ1v) is 9.86. The van der Waals surface area contributed by atoms with Gasteiger partial charge in [0.25, 0.3) is 11.5 Å². The summed E-state index contributed by atoms with van der Waals surface area (Å²) in [6.45, 7) is 0. The molecule has 1 amide bonds. The third kappa shape index (κ3) is 3.83. The number of anilines is 1. The zero-order chi connectivity index (χ0) is 25.8. The highest BCUT2D eigenvalue weighted by atomic mass is 19.4. The third-order valence-corrected chi connectivity index (χ3v) is 5.23. The molecule has 2 aromatic carbocycles. The molecular weight excluding hydrogens is 498 g/mol. The van der Waals surface area contributed by atoms with Crippen LogP contribution in [-0.2, 0) is 12.4 Å². The first-order valence-electron chi connectivity index (χ1n) is 9.86. The Bertz CT molecular complexity index is 1700. The SMILES string of the molecule is O=C(Nc1cc(C(F)(F)F)c2nonc2c1)c1cnn(-c2cccc3c(=O)[nH]ccc23)c1C(F)(F)F. The second kappa shape index (κ2) is 7.93. The molecule has 0 fully saturated rings. The Kier molecular flexibility index (Phi) is 5.08. The molecule has 0 spiro atoms. The Morgan fingerprint density at radius 2 is 1.78 bits per heavy atom. The molecule has 0 unspecified atom stereocenters. The van der Waals surface area contributed by atoms with E-state index in [1.165, 1.54) is 30.5 Å². The van der Waals surface area contributed by atoms with E-state index in [4.69, 9.17) is 0 Å². The van der Waals surface area contributed by atoms with E-state index in [1.54, 1.807) is 0 Å². The average Bonchev–Trinajstić information content (AvgIpc) is 3.45. The lowest BCUT2D eigenvalue weighted by atomic mass is 10.1. The number of rotatable bonds is 3. The number of halogens is 6. The molecule has 0 aliphatic carbocycles. The molecule has 0 bridgehead atoms. The van der Waals surface area contributed by atoms with Crippen LogP contribution in [0.5, 0.6) is 0 Å². The number of pyridine rings is 1. The maximum Gasteiger partial charge on any atom is 0.434 e. The van der Waals surface area contributed by atoms with E-state index in [0.29, 0.717) is 16.9 Å². The molecule has 5 aromatic rings.